The van der Waals surface area contributed by atoms with Gasteiger partial charge in [-0.25, -0.2) is 9.79 Å². The minimum absolute atomic E-state index is 0.301. The van der Waals surface area contributed by atoms with Crippen LogP contribution in [0.3, 0.4) is 0 Å². The van der Waals surface area contributed by atoms with Crippen molar-refractivity contribution in [1.82, 2.24) is 24.9 Å². The van der Waals surface area contributed by atoms with Gasteiger partial charge in [0.2, 0.25) is 0 Å². The smallest absolute Gasteiger partial charge is 0.325 e. The van der Waals surface area contributed by atoms with Gasteiger partial charge in [0, 0.05) is 44.8 Å². The van der Waals surface area contributed by atoms with E-state index >= 15 is 0 Å². The maximum atomic E-state index is 12.8. The first kappa shape index (κ1) is 20.9. The zero-order chi connectivity index (χ0) is 21.3. The summed E-state index contributed by atoms with van der Waals surface area (Å²) in [5.41, 5.74) is 1.00. The molecule has 1 aromatic rings. The maximum absolute atomic E-state index is 12.8. The summed E-state index contributed by atoms with van der Waals surface area (Å²) in [6.45, 7) is 7.49. The Labute approximate surface area is 182 Å². The molecule has 0 aromatic heterocycles. The van der Waals surface area contributed by atoms with Gasteiger partial charge in [0.05, 0.1) is 0 Å². The van der Waals surface area contributed by atoms with Crippen LogP contribution in [0.2, 0.25) is 5.02 Å². The average Bonchev–Trinajstić information content (AvgIpc) is 3.11. The van der Waals surface area contributed by atoms with E-state index in [1.165, 1.54) is 17.7 Å². The summed E-state index contributed by atoms with van der Waals surface area (Å²) in [5, 5.41) is 3.12. The van der Waals surface area contributed by atoms with Crippen molar-refractivity contribution in [3.8, 4) is 0 Å². The van der Waals surface area contributed by atoms with Gasteiger partial charge in [0.15, 0.2) is 18.2 Å². The molecule has 0 spiro atoms. The maximum Gasteiger partial charge on any atom is 0.325 e. The van der Waals surface area contributed by atoms with E-state index in [1.807, 2.05) is 29.2 Å². The van der Waals surface area contributed by atoms with Crippen molar-refractivity contribution in [3.63, 3.8) is 0 Å². The predicted molar refractivity (Wildman–Crippen MR) is 116 cm³/mol. The van der Waals surface area contributed by atoms with Gasteiger partial charge in [-0.05, 0) is 30.7 Å². The van der Waals surface area contributed by atoms with Crippen molar-refractivity contribution >= 4 is 29.5 Å². The van der Waals surface area contributed by atoms with Crippen LogP contribution < -0.4 is 5.32 Å². The van der Waals surface area contributed by atoms with Gasteiger partial charge < -0.3 is 14.7 Å². The molecule has 0 aliphatic carbocycles. The monoisotopic (exact) mass is 432 g/mol. The second-order valence-electron chi connectivity index (χ2n) is 8.13. The van der Waals surface area contributed by atoms with Crippen molar-refractivity contribution in [2.24, 2.45) is 4.99 Å². The number of carbonyl (C=O) groups excluding carboxylic acids is 2. The van der Waals surface area contributed by atoms with Gasteiger partial charge in [0.1, 0.15) is 0 Å². The number of aliphatic imine (C=N–C) groups is 1. The number of imide groups is 1. The summed E-state index contributed by atoms with van der Waals surface area (Å²) in [5.74, 6) is 0.488. The quantitative estimate of drug-likeness (QED) is 0.768. The summed E-state index contributed by atoms with van der Waals surface area (Å²) in [6, 6.07) is 6.70. The lowest BCUT2D eigenvalue weighted by Crippen LogP contribution is -2.64. The van der Waals surface area contributed by atoms with E-state index in [9.17, 15) is 9.59 Å². The van der Waals surface area contributed by atoms with Crippen molar-refractivity contribution in [2.45, 2.75) is 38.5 Å². The van der Waals surface area contributed by atoms with E-state index in [0.717, 1.165) is 44.2 Å². The van der Waals surface area contributed by atoms with Crippen LogP contribution in [0, 0.1) is 0 Å². The zero-order valence-electron chi connectivity index (χ0n) is 17.6. The fourth-order valence-corrected chi connectivity index (χ4v) is 4.54. The average molecular weight is 433 g/mol. The molecule has 4 rings (SSSR count). The summed E-state index contributed by atoms with van der Waals surface area (Å²) < 4.78 is 0. The van der Waals surface area contributed by atoms with Gasteiger partial charge in [-0.1, -0.05) is 37.1 Å². The molecule has 3 amide bonds. The molecule has 3 aliphatic rings. The number of likely N-dealkylation sites (N-methyl/N-ethyl adjacent to an activating group) is 1. The lowest BCUT2D eigenvalue weighted by atomic mass is 10.1. The first-order valence-corrected chi connectivity index (χ1v) is 11.0. The van der Waals surface area contributed by atoms with Crippen LogP contribution in [0.1, 0.15) is 25.3 Å². The molecule has 2 unspecified atom stereocenters. The summed E-state index contributed by atoms with van der Waals surface area (Å²) in [6.07, 6.45) is 1.89. The number of hydrogen-bond acceptors (Lipinski definition) is 6. The number of nitrogens with zero attached hydrogens (tertiary/aromatic N) is 5. The minimum Gasteiger partial charge on any atom is -0.340 e. The molecule has 8 nitrogen and oxygen atoms in total. The molecule has 0 radical (unpaired) electrons. The molecule has 2 atom stereocenters. The molecular weight excluding hydrogens is 404 g/mol. The van der Waals surface area contributed by atoms with Gasteiger partial charge in [-0.2, -0.15) is 0 Å². The number of amides is 3. The largest absolute Gasteiger partial charge is 0.340 e. The molecular formula is C21H29ClN6O2. The lowest BCUT2D eigenvalue weighted by Gasteiger charge is -2.40. The highest BCUT2D eigenvalue weighted by molar-refractivity contribution is 6.30. The fourth-order valence-electron chi connectivity index (χ4n) is 4.33. The second-order valence-corrected chi connectivity index (χ2v) is 8.57. The number of rotatable bonds is 5. The molecule has 9 heteroatoms. The third kappa shape index (κ3) is 4.11. The van der Waals surface area contributed by atoms with E-state index in [-0.39, 0.29) is 5.91 Å². The molecule has 3 aliphatic heterocycles. The highest BCUT2D eigenvalue weighted by Crippen LogP contribution is 2.28. The standard InChI is InChI=1S/C21H29ClN6O2/c1-3-4-8-26-9-11-27(12-10-26)20-23-18-17(19(29)24-21(30)25(18)2)28(20)14-15-6-5-7-16(22)13-15/h5-7,13,17-18H,3-4,8-12,14H2,1-2H3,(H,24,29,30). The zero-order valence-corrected chi connectivity index (χ0v) is 18.3. The topological polar surface area (TPSA) is 71.5 Å². The minimum atomic E-state index is -0.542. The first-order chi connectivity index (χ1) is 14.5. The van der Waals surface area contributed by atoms with Crippen molar-refractivity contribution in [2.75, 3.05) is 39.8 Å². The van der Waals surface area contributed by atoms with Crippen LogP contribution in [-0.2, 0) is 11.3 Å². The van der Waals surface area contributed by atoms with Crippen LogP contribution in [0.5, 0.6) is 0 Å². The number of fused-ring (bicyclic) bond motifs is 1. The molecule has 0 bridgehead atoms. The van der Waals surface area contributed by atoms with Crippen molar-refractivity contribution < 1.29 is 9.59 Å². The molecule has 1 N–H and O–H groups in total. The molecule has 2 fully saturated rings. The summed E-state index contributed by atoms with van der Waals surface area (Å²) in [4.78, 5) is 38.1. The Balaban J connectivity index is 1.57. The third-order valence-electron chi connectivity index (χ3n) is 6.06. The van der Waals surface area contributed by atoms with E-state index in [2.05, 4.69) is 22.0 Å². The van der Waals surface area contributed by atoms with Crippen molar-refractivity contribution in [3.05, 3.63) is 34.9 Å². The van der Waals surface area contributed by atoms with E-state index < -0.39 is 18.2 Å². The molecule has 1 aromatic carbocycles. The number of guanidine groups is 1. The number of halogens is 1. The SMILES string of the molecule is CCCCN1CCN(C2=NC3C(C(=O)NC(=O)N3C)N2Cc2cccc(Cl)c2)CC1. The molecule has 3 heterocycles. The number of nitrogens with one attached hydrogen (secondary N) is 1. The van der Waals surface area contributed by atoms with Crippen molar-refractivity contribution in [1.29, 1.82) is 0 Å². The normalized spacial score (nSPS) is 24.8. The number of carbonyl (C=O) groups is 2. The Hall–Kier alpha value is -2.32. The highest BCUT2D eigenvalue weighted by atomic mass is 35.5. The summed E-state index contributed by atoms with van der Waals surface area (Å²) >= 11 is 6.18. The molecule has 0 saturated carbocycles. The lowest BCUT2D eigenvalue weighted by molar-refractivity contribution is -0.127. The fraction of sp³-hybridized carbons (Fsp3) is 0.571. The van der Waals surface area contributed by atoms with E-state index in [1.54, 1.807) is 7.05 Å². The van der Waals surface area contributed by atoms with Gasteiger partial charge in [0.25, 0.3) is 5.91 Å². The van der Waals surface area contributed by atoms with Crippen LogP contribution in [-0.4, -0.2) is 89.5 Å². The number of benzene rings is 1. The van der Waals surface area contributed by atoms with Gasteiger partial charge >= 0.3 is 6.03 Å². The third-order valence-corrected chi connectivity index (χ3v) is 6.30. The Bertz CT molecular complexity index is 839. The molecule has 30 heavy (non-hydrogen) atoms. The first-order valence-electron chi connectivity index (χ1n) is 10.6. The number of hydrogen-bond donors (Lipinski definition) is 1. The Morgan fingerprint density at radius 1 is 1.20 bits per heavy atom. The Kier molecular flexibility index (Phi) is 6.15. The van der Waals surface area contributed by atoms with Crippen LogP contribution in [0.4, 0.5) is 4.79 Å². The summed E-state index contributed by atoms with van der Waals surface area (Å²) in [7, 11) is 1.69. The Morgan fingerprint density at radius 3 is 2.67 bits per heavy atom. The Morgan fingerprint density at radius 2 is 1.97 bits per heavy atom. The predicted octanol–water partition coefficient (Wildman–Crippen LogP) is 1.81. The van der Waals surface area contributed by atoms with E-state index in [4.69, 9.17) is 16.6 Å². The van der Waals surface area contributed by atoms with Gasteiger partial charge in [-0.15, -0.1) is 0 Å². The van der Waals surface area contributed by atoms with Crippen LogP contribution >= 0.6 is 11.6 Å². The van der Waals surface area contributed by atoms with Crippen LogP contribution in [0.15, 0.2) is 29.3 Å². The van der Waals surface area contributed by atoms with E-state index in [0.29, 0.717) is 11.6 Å². The second kappa shape index (κ2) is 8.81. The number of unbranched alkanes of at least 4 members (excludes halogenated alkanes) is 1. The van der Waals surface area contributed by atoms with Crippen LogP contribution in [0.25, 0.3) is 0 Å². The number of urea groups is 1. The van der Waals surface area contributed by atoms with Gasteiger partial charge in [-0.3, -0.25) is 15.0 Å². The molecule has 2 saturated heterocycles. The number of piperazine rings is 1. The molecule has 162 valence electrons. The highest BCUT2D eigenvalue weighted by Gasteiger charge is 2.49.